The van der Waals surface area contributed by atoms with E-state index in [0.717, 1.165) is 44.1 Å². The van der Waals surface area contributed by atoms with Crippen molar-refractivity contribution in [2.75, 3.05) is 24.5 Å². The third kappa shape index (κ3) is 3.73. The van der Waals surface area contributed by atoms with E-state index in [1.165, 1.54) is 0 Å². The van der Waals surface area contributed by atoms with Gasteiger partial charge < -0.3 is 14.6 Å². The van der Waals surface area contributed by atoms with Crippen LogP contribution in [-0.2, 0) is 0 Å². The van der Waals surface area contributed by atoms with E-state index in [1.54, 1.807) is 6.07 Å². The number of hydrogen-bond donors (Lipinski definition) is 1. The molecule has 23 heavy (non-hydrogen) atoms. The summed E-state index contributed by atoms with van der Waals surface area (Å²) < 4.78 is 5.42. The van der Waals surface area contributed by atoms with E-state index in [0.29, 0.717) is 17.2 Å². The van der Waals surface area contributed by atoms with Crippen molar-refractivity contribution in [2.24, 2.45) is 5.92 Å². The molecule has 1 aliphatic rings. The number of furan rings is 1. The normalized spacial score (nSPS) is 15.7. The molecule has 0 unspecified atom stereocenters. The fourth-order valence-corrected chi connectivity index (χ4v) is 3.10. The Balaban J connectivity index is 1.48. The van der Waals surface area contributed by atoms with E-state index in [4.69, 9.17) is 4.42 Å². The van der Waals surface area contributed by atoms with Crippen LogP contribution < -0.4 is 10.2 Å². The summed E-state index contributed by atoms with van der Waals surface area (Å²) in [6, 6.07) is 7.80. The fourth-order valence-electron chi connectivity index (χ4n) is 3.10. The van der Waals surface area contributed by atoms with Gasteiger partial charge in [-0.15, -0.1) is 0 Å². The largest absolute Gasteiger partial charge is 0.466 e. The summed E-state index contributed by atoms with van der Waals surface area (Å²) in [5.74, 6) is 2.99. The molecule has 1 fully saturated rings. The van der Waals surface area contributed by atoms with Gasteiger partial charge in [0.15, 0.2) is 0 Å². The van der Waals surface area contributed by atoms with E-state index in [2.05, 4.69) is 15.2 Å². The van der Waals surface area contributed by atoms with Crippen LogP contribution in [0.5, 0.6) is 0 Å². The van der Waals surface area contributed by atoms with Crippen LogP contribution in [0.4, 0.5) is 5.82 Å². The minimum absolute atomic E-state index is 0.0356. The van der Waals surface area contributed by atoms with Crippen molar-refractivity contribution in [3.8, 4) is 0 Å². The maximum absolute atomic E-state index is 12.2. The average molecular weight is 313 g/mol. The lowest BCUT2D eigenvalue weighted by Crippen LogP contribution is -2.39. The second kappa shape index (κ2) is 6.86. The van der Waals surface area contributed by atoms with Gasteiger partial charge in [-0.2, -0.15) is 0 Å². The number of piperidine rings is 1. The smallest absolute Gasteiger partial charge is 0.254 e. The molecule has 0 aliphatic carbocycles. The average Bonchev–Trinajstić information content (AvgIpc) is 2.92. The highest BCUT2D eigenvalue weighted by atomic mass is 16.3. The SMILES string of the molecule is Cc1cc(C(=O)NCC2CCN(c3ccccn3)CC2)c(C)o1. The minimum atomic E-state index is -0.0356. The zero-order valence-corrected chi connectivity index (χ0v) is 13.7. The Morgan fingerprint density at radius 1 is 1.35 bits per heavy atom. The molecular weight excluding hydrogens is 290 g/mol. The van der Waals surface area contributed by atoms with Gasteiger partial charge in [-0.25, -0.2) is 4.98 Å². The number of aromatic nitrogens is 1. The van der Waals surface area contributed by atoms with Crippen LogP contribution in [0.1, 0.15) is 34.7 Å². The molecule has 122 valence electrons. The van der Waals surface area contributed by atoms with Crippen molar-refractivity contribution in [3.63, 3.8) is 0 Å². The number of nitrogens with one attached hydrogen (secondary N) is 1. The first-order chi connectivity index (χ1) is 11.1. The lowest BCUT2D eigenvalue weighted by atomic mass is 9.96. The van der Waals surface area contributed by atoms with Gasteiger partial charge in [0, 0.05) is 25.8 Å². The van der Waals surface area contributed by atoms with Gasteiger partial charge in [0.05, 0.1) is 5.56 Å². The molecule has 0 bridgehead atoms. The lowest BCUT2D eigenvalue weighted by molar-refractivity contribution is 0.0943. The summed E-state index contributed by atoms with van der Waals surface area (Å²) in [5, 5.41) is 3.04. The van der Waals surface area contributed by atoms with E-state index in [9.17, 15) is 4.79 Å². The zero-order valence-electron chi connectivity index (χ0n) is 13.7. The van der Waals surface area contributed by atoms with Crippen molar-refractivity contribution in [1.82, 2.24) is 10.3 Å². The first kappa shape index (κ1) is 15.6. The van der Waals surface area contributed by atoms with Crippen LogP contribution in [0.2, 0.25) is 0 Å². The minimum Gasteiger partial charge on any atom is -0.466 e. The third-order valence-corrected chi connectivity index (χ3v) is 4.42. The van der Waals surface area contributed by atoms with Crippen molar-refractivity contribution in [2.45, 2.75) is 26.7 Å². The molecular formula is C18H23N3O2. The summed E-state index contributed by atoms with van der Waals surface area (Å²) >= 11 is 0. The monoisotopic (exact) mass is 313 g/mol. The summed E-state index contributed by atoms with van der Waals surface area (Å²) in [4.78, 5) is 18.9. The standard InChI is InChI=1S/C18H23N3O2/c1-13-11-16(14(2)23-13)18(22)20-12-15-6-9-21(10-7-15)17-5-3-4-8-19-17/h3-5,8,11,15H,6-7,9-10,12H2,1-2H3,(H,20,22). The predicted molar refractivity (Wildman–Crippen MR) is 89.7 cm³/mol. The summed E-state index contributed by atoms with van der Waals surface area (Å²) in [6.07, 6.45) is 3.97. The van der Waals surface area contributed by atoms with Crippen molar-refractivity contribution in [3.05, 3.63) is 47.5 Å². The van der Waals surface area contributed by atoms with E-state index in [1.807, 2.05) is 38.2 Å². The Kier molecular flexibility index (Phi) is 4.65. The van der Waals surface area contributed by atoms with Crippen LogP contribution in [0.15, 0.2) is 34.9 Å². The van der Waals surface area contributed by atoms with Gasteiger partial charge in [0.1, 0.15) is 17.3 Å². The van der Waals surface area contributed by atoms with Gasteiger partial charge in [-0.05, 0) is 50.8 Å². The highest BCUT2D eigenvalue weighted by Gasteiger charge is 2.21. The summed E-state index contributed by atoms with van der Waals surface area (Å²) in [5.41, 5.74) is 0.647. The highest BCUT2D eigenvalue weighted by Crippen LogP contribution is 2.21. The number of hydrogen-bond acceptors (Lipinski definition) is 4. The van der Waals surface area contributed by atoms with E-state index < -0.39 is 0 Å². The van der Waals surface area contributed by atoms with E-state index in [-0.39, 0.29) is 5.91 Å². The van der Waals surface area contributed by atoms with Crippen LogP contribution in [0.25, 0.3) is 0 Å². The Morgan fingerprint density at radius 2 is 2.13 bits per heavy atom. The van der Waals surface area contributed by atoms with Crippen molar-refractivity contribution >= 4 is 11.7 Å². The van der Waals surface area contributed by atoms with Gasteiger partial charge in [-0.3, -0.25) is 4.79 Å². The number of carbonyl (C=O) groups excluding carboxylic acids is 1. The molecule has 1 saturated heterocycles. The Labute approximate surface area is 136 Å². The van der Waals surface area contributed by atoms with Gasteiger partial charge >= 0.3 is 0 Å². The lowest BCUT2D eigenvalue weighted by Gasteiger charge is -2.32. The van der Waals surface area contributed by atoms with E-state index >= 15 is 0 Å². The molecule has 2 aromatic heterocycles. The third-order valence-electron chi connectivity index (χ3n) is 4.42. The van der Waals surface area contributed by atoms with Crippen LogP contribution >= 0.6 is 0 Å². The van der Waals surface area contributed by atoms with Gasteiger partial charge in [0.25, 0.3) is 5.91 Å². The van der Waals surface area contributed by atoms with Gasteiger partial charge in [0.2, 0.25) is 0 Å². The number of pyridine rings is 1. The molecule has 5 heteroatoms. The first-order valence-corrected chi connectivity index (χ1v) is 8.14. The fraction of sp³-hybridized carbons (Fsp3) is 0.444. The second-order valence-electron chi connectivity index (χ2n) is 6.16. The molecule has 3 heterocycles. The molecule has 5 nitrogen and oxygen atoms in total. The molecule has 0 radical (unpaired) electrons. The zero-order chi connectivity index (χ0) is 16.2. The number of amides is 1. The molecule has 0 spiro atoms. The Bertz CT molecular complexity index is 658. The molecule has 0 atom stereocenters. The molecule has 0 saturated carbocycles. The highest BCUT2D eigenvalue weighted by molar-refractivity contribution is 5.95. The molecule has 2 aromatic rings. The van der Waals surface area contributed by atoms with Crippen molar-refractivity contribution < 1.29 is 9.21 Å². The molecule has 1 amide bonds. The summed E-state index contributed by atoms with van der Waals surface area (Å²) in [6.45, 7) is 6.38. The number of aryl methyl sites for hydroxylation is 2. The van der Waals surface area contributed by atoms with Crippen molar-refractivity contribution in [1.29, 1.82) is 0 Å². The number of carbonyl (C=O) groups is 1. The van der Waals surface area contributed by atoms with Crippen LogP contribution in [-0.4, -0.2) is 30.5 Å². The molecule has 1 N–H and O–H groups in total. The number of rotatable bonds is 4. The van der Waals surface area contributed by atoms with Crippen LogP contribution in [0, 0.1) is 19.8 Å². The quantitative estimate of drug-likeness (QED) is 0.943. The predicted octanol–water partition coefficient (Wildman–Crippen LogP) is 2.94. The van der Waals surface area contributed by atoms with Crippen LogP contribution in [0.3, 0.4) is 0 Å². The Hall–Kier alpha value is -2.30. The first-order valence-electron chi connectivity index (χ1n) is 8.14. The Morgan fingerprint density at radius 3 is 2.74 bits per heavy atom. The second-order valence-corrected chi connectivity index (χ2v) is 6.16. The molecule has 1 aliphatic heterocycles. The van der Waals surface area contributed by atoms with Gasteiger partial charge in [-0.1, -0.05) is 6.07 Å². The molecule has 3 rings (SSSR count). The maximum atomic E-state index is 12.2. The maximum Gasteiger partial charge on any atom is 0.254 e. The summed E-state index contributed by atoms with van der Waals surface area (Å²) in [7, 11) is 0. The number of anilines is 1. The molecule has 0 aromatic carbocycles. The topological polar surface area (TPSA) is 58.4 Å². The number of nitrogens with zero attached hydrogens (tertiary/aromatic N) is 2.